The Hall–Kier alpha value is -2.25. The van der Waals surface area contributed by atoms with Crippen LogP contribution in [0.2, 0.25) is 0 Å². The average Bonchev–Trinajstić information content (AvgIpc) is 2.61. The normalized spacial score (nSPS) is 18.8. The molecule has 2 aromatic carbocycles. The number of Topliss-reactive ketones (excluding diaryl/α,β-unsaturated/α-hetero) is 1. The number of nitrogens with zero attached hydrogens (tertiary/aromatic N) is 1. The molecule has 26 heavy (non-hydrogen) atoms. The molecule has 0 fully saturated rings. The Balaban J connectivity index is 2.16. The van der Waals surface area contributed by atoms with E-state index >= 15 is 0 Å². The first-order valence-electron chi connectivity index (χ1n) is 8.06. The van der Waals surface area contributed by atoms with Gasteiger partial charge in [0.25, 0.3) is 0 Å². The molecular formula is C19H21BrN2O4. The van der Waals surface area contributed by atoms with E-state index in [1.54, 1.807) is 20.3 Å². The van der Waals surface area contributed by atoms with Gasteiger partial charge in [0.1, 0.15) is 5.75 Å². The van der Waals surface area contributed by atoms with Crippen molar-refractivity contribution in [1.82, 2.24) is 0 Å². The lowest BCUT2D eigenvalue weighted by atomic mass is 9.84. The van der Waals surface area contributed by atoms with Crippen LogP contribution in [-0.2, 0) is 4.79 Å². The van der Waals surface area contributed by atoms with Crippen molar-refractivity contribution in [3.8, 4) is 17.2 Å². The number of anilines is 1. The first-order valence-corrected chi connectivity index (χ1v) is 8.85. The molecule has 3 rings (SSSR count). The Morgan fingerprint density at radius 2 is 1.88 bits per heavy atom. The maximum Gasteiger partial charge on any atom is 0.208 e. The zero-order valence-corrected chi connectivity index (χ0v) is 16.7. The van der Waals surface area contributed by atoms with Crippen molar-refractivity contribution in [2.45, 2.75) is 12.1 Å². The third-order valence-corrected chi connectivity index (χ3v) is 5.02. The highest BCUT2D eigenvalue weighted by Gasteiger charge is 2.37. The molecule has 7 heteroatoms. The Bertz CT molecular complexity index is 854. The third kappa shape index (κ3) is 3.12. The number of nitrogens with two attached hydrogens (primary N) is 1. The quantitative estimate of drug-likeness (QED) is 0.819. The van der Waals surface area contributed by atoms with Gasteiger partial charge in [0.05, 0.1) is 24.6 Å². The third-order valence-electron chi connectivity index (χ3n) is 4.43. The number of halogens is 1. The molecule has 1 aliphatic rings. The second-order valence-electron chi connectivity index (χ2n) is 6.23. The number of methoxy groups -OCH3 is 2. The summed E-state index contributed by atoms with van der Waals surface area (Å²) in [5, 5.41) is 0. The summed E-state index contributed by atoms with van der Waals surface area (Å²) in [7, 11) is 7.01. The number of fused-ring (bicyclic) bond motifs is 1. The molecule has 2 aromatic rings. The summed E-state index contributed by atoms with van der Waals surface area (Å²) in [5.74, 6) is 0.980. The van der Waals surface area contributed by atoms with E-state index in [0.717, 1.165) is 16.8 Å². The first-order chi connectivity index (χ1) is 12.4. The molecular weight excluding hydrogens is 400 g/mol. The Morgan fingerprint density at radius 3 is 2.50 bits per heavy atom. The van der Waals surface area contributed by atoms with E-state index < -0.39 is 12.1 Å². The minimum atomic E-state index is -1.02. The lowest BCUT2D eigenvalue weighted by Gasteiger charge is -2.30. The van der Waals surface area contributed by atoms with E-state index in [-0.39, 0.29) is 5.78 Å². The van der Waals surface area contributed by atoms with Gasteiger partial charge in [0, 0.05) is 31.4 Å². The van der Waals surface area contributed by atoms with E-state index in [1.807, 2.05) is 43.3 Å². The second kappa shape index (κ2) is 7.17. The van der Waals surface area contributed by atoms with Gasteiger partial charge in [0.2, 0.25) is 6.23 Å². The minimum Gasteiger partial charge on any atom is -0.493 e. The molecule has 2 unspecified atom stereocenters. The number of carbonyl (C=O) groups is 1. The topological polar surface area (TPSA) is 74.0 Å². The van der Waals surface area contributed by atoms with Crippen LogP contribution in [0.25, 0.3) is 0 Å². The highest BCUT2D eigenvalue weighted by Crippen LogP contribution is 2.44. The van der Waals surface area contributed by atoms with Crippen molar-refractivity contribution in [3.05, 3.63) is 45.9 Å². The van der Waals surface area contributed by atoms with Crippen LogP contribution in [0.3, 0.4) is 0 Å². The molecule has 1 heterocycles. The van der Waals surface area contributed by atoms with Crippen LogP contribution >= 0.6 is 15.9 Å². The van der Waals surface area contributed by atoms with Crippen LogP contribution in [0.1, 0.15) is 17.0 Å². The van der Waals surface area contributed by atoms with Gasteiger partial charge in [-0.15, -0.1) is 0 Å². The lowest BCUT2D eigenvalue weighted by molar-refractivity contribution is -0.127. The van der Waals surface area contributed by atoms with Crippen LogP contribution in [0.5, 0.6) is 17.2 Å². The number of ketones is 1. The summed E-state index contributed by atoms with van der Waals surface area (Å²) < 4.78 is 17.1. The van der Waals surface area contributed by atoms with Crippen molar-refractivity contribution in [1.29, 1.82) is 0 Å². The van der Waals surface area contributed by atoms with Gasteiger partial charge in [0.15, 0.2) is 17.3 Å². The molecule has 2 atom stereocenters. The van der Waals surface area contributed by atoms with E-state index in [0.29, 0.717) is 21.7 Å². The van der Waals surface area contributed by atoms with Gasteiger partial charge in [-0.1, -0.05) is 6.07 Å². The van der Waals surface area contributed by atoms with Crippen molar-refractivity contribution in [3.63, 3.8) is 0 Å². The lowest BCUT2D eigenvalue weighted by Crippen LogP contribution is -2.43. The van der Waals surface area contributed by atoms with E-state index in [4.69, 9.17) is 19.9 Å². The monoisotopic (exact) mass is 420 g/mol. The summed E-state index contributed by atoms with van der Waals surface area (Å²) in [6.45, 7) is 0. The molecule has 6 nitrogen and oxygen atoms in total. The predicted octanol–water partition coefficient (Wildman–Crippen LogP) is 2.91. The standard InChI is InChI=1S/C19H21BrN2O4/c1-22(2)11-5-6-12-14(9-11)26-19(21)17(23)16(12)10-7-13(20)18(25-4)15(8-10)24-3/h5-9,16,19H,21H2,1-4H3. The van der Waals surface area contributed by atoms with Crippen LogP contribution in [-0.4, -0.2) is 40.3 Å². The van der Waals surface area contributed by atoms with Crippen LogP contribution < -0.4 is 24.8 Å². The fourth-order valence-electron chi connectivity index (χ4n) is 3.10. The Kier molecular flexibility index (Phi) is 5.11. The van der Waals surface area contributed by atoms with Crippen molar-refractivity contribution in [2.24, 2.45) is 5.73 Å². The van der Waals surface area contributed by atoms with Crippen molar-refractivity contribution in [2.75, 3.05) is 33.2 Å². The molecule has 0 saturated heterocycles. The van der Waals surface area contributed by atoms with Gasteiger partial charge in [-0.2, -0.15) is 0 Å². The molecule has 0 aromatic heterocycles. The number of hydrogen-bond acceptors (Lipinski definition) is 6. The van der Waals surface area contributed by atoms with Gasteiger partial charge in [-0.3, -0.25) is 10.5 Å². The van der Waals surface area contributed by atoms with Gasteiger partial charge >= 0.3 is 0 Å². The summed E-state index contributed by atoms with van der Waals surface area (Å²) in [5.41, 5.74) is 8.47. The summed E-state index contributed by atoms with van der Waals surface area (Å²) in [6.07, 6.45) is -1.02. The van der Waals surface area contributed by atoms with E-state index in [1.165, 1.54) is 0 Å². The highest BCUT2D eigenvalue weighted by atomic mass is 79.9. The van der Waals surface area contributed by atoms with Crippen LogP contribution in [0.15, 0.2) is 34.8 Å². The maximum atomic E-state index is 12.8. The highest BCUT2D eigenvalue weighted by molar-refractivity contribution is 9.10. The molecule has 0 saturated carbocycles. The number of ether oxygens (including phenoxy) is 3. The zero-order valence-electron chi connectivity index (χ0n) is 15.1. The Morgan fingerprint density at radius 1 is 1.15 bits per heavy atom. The smallest absolute Gasteiger partial charge is 0.208 e. The average molecular weight is 421 g/mol. The molecule has 138 valence electrons. The fourth-order valence-corrected chi connectivity index (χ4v) is 3.72. The fraction of sp³-hybridized carbons (Fsp3) is 0.316. The zero-order chi connectivity index (χ0) is 19.0. The Labute approximate surface area is 161 Å². The molecule has 1 aliphatic heterocycles. The van der Waals surface area contributed by atoms with Crippen LogP contribution in [0, 0.1) is 0 Å². The van der Waals surface area contributed by atoms with Gasteiger partial charge in [-0.25, -0.2) is 0 Å². The summed E-state index contributed by atoms with van der Waals surface area (Å²) in [6, 6.07) is 9.41. The van der Waals surface area contributed by atoms with Gasteiger partial charge in [-0.05, 0) is 39.7 Å². The molecule has 0 amide bonds. The predicted molar refractivity (Wildman–Crippen MR) is 103 cm³/mol. The first kappa shape index (κ1) is 18.5. The minimum absolute atomic E-state index is 0.200. The van der Waals surface area contributed by atoms with Crippen molar-refractivity contribution >= 4 is 27.4 Å². The summed E-state index contributed by atoms with van der Waals surface area (Å²) >= 11 is 3.49. The molecule has 0 radical (unpaired) electrons. The van der Waals surface area contributed by atoms with Crippen LogP contribution in [0.4, 0.5) is 5.69 Å². The van der Waals surface area contributed by atoms with Crippen molar-refractivity contribution < 1.29 is 19.0 Å². The molecule has 0 aliphatic carbocycles. The number of hydrogen-bond donors (Lipinski definition) is 1. The van der Waals surface area contributed by atoms with Gasteiger partial charge < -0.3 is 19.1 Å². The number of benzene rings is 2. The molecule has 0 spiro atoms. The van der Waals surface area contributed by atoms with E-state index in [9.17, 15) is 4.79 Å². The molecule has 0 bridgehead atoms. The summed E-state index contributed by atoms with van der Waals surface area (Å²) in [4.78, 5) is 14.8. The van der Waals surface area contributed by atoms with E-state index in [2.05, 4.69) is 15.9 Å². The number of rotatable bonds is 4. The second-order valence-corrected chi connectivity index (χ2v) is 7.08. The maximum absolute atomic E-state index is 12.8. The SMILES string of the molecule is COc1cc(C2C(=O)C(N)Oc3cc(N(C)C)ccc32)cc(Br)c1OC. The number of carbonyl (C=O) groups excluding carboxylic acids is 1. The molecule has 2 N–H and O–H groups in total. The largest absolute Gasteiger partial charge is 0.493 e.